The highest BCUT2D eigenvalue weighted by atomic mass is 32.1. The van der Waals surface area contributed by atoms with E-state index in [-0.39, 0.29) is 5.78 Å². The van der Waals surface area contributed by atoms with Crippen molar-refractivity contribution < 1.29 is 18.0 Å². The molecule has 0 saturated carbocycles. The number of H-pyrrole nitrogens is 1. The summed E-state index contributed by atoms with van der Waals surface area (Å²) in [5.74, 6) is 0.1000. The Morgan fingerprint density at radius 1 is 1.26 bits per heavy atom. The molecule has 0 aliphatic carbocycles. The van der Waals surface area contributed by atoms with Gasteiger partial charge in [0.25, 0.3) is 0 Å². The number of alkyl halides is 3. The molecule has 2 nitrogen and oxygen atoms in total. The largest absolute Gasteiger partial charge is 0.416 e. The van der Waals surface area contributed by atoms with Crippen LogP contribution in [0.25, 0.3) is 22.0 Å². The molecule has 1 aromatic carbocycles. The lowest BCUT2D eigenvalue weighted by Gasteiger charge is -2.06. The molecule has 0 spiro atoms. The molecule has 2 heterocycles. The van der Waals surface area contributed by atoms with E-state index in [1.54, 1.807) is 6.20 Å². The first kappa shape index (κ1) is 15.8. The van der Waals surface area contributed by atoms with Crippen molar-refractivity contribution in [1.29, 1.82) is 0 Å². The van der Waals surface area contributed by atoms with Gasteiger partial charge in [0, 0.05) is 29.1 Å². The maximum Gasteiger partial charge on any atom is 0.416 e. The van der Waals surface area contributed by atoms with Gasteiger partial charge >= 0.3 is 6.18 Å². The molecule has 0 unspecified atom stereocenters. The number of hydrogen-bond donors (Lipinski definition) is 1. The maximum atomic E-state index is 12.8. The number of ketones is 1. The lowest BCUT2D eigenvalue weighted by molar-refractivity contribution is -0.137. The lowest BCUT2D eigenvalue weighted by Crippen LogP contribution is -2.04. The number of aromatic nitrogens is 1. The van der Waals surface area contributed by atoms with Crippen LogP contribution in [0.5, 0.6) is 0 Å². The van der Waals surface area contributed by atoms with E-state index in [0.29, 0.717) is 22.2 Å². The maximum absolute atomic E-state index is 12.8. The molecule has 120 valence electrons. The molecule has 6 heteroatoms. The fourth-order valence-electron chi connectivity index (χ4n) is 2.52. The number of fused-ring (bicyclic) bond motifs is 1. The molecule has 0 aliphatic rings. The molecule has 3 rings (SSSR count). The Kier molecular flexibility index (Phi) is 4.02. The summed E-state index contributed by atoms with van der Waals surface area (Å²) >= 11 is 1.37. The van der Waals surface area contributed by atoms with E-state index in [4.69, 9.17) is 0 Å². The number of rotatable bonds is 4. The molecule has 0 aliphatic heterocycles. The molecular weight excluding hydrogens is 323 g/mol. The van der Waals surface area contributed by atoms with Crippen LogP contribution >= 0.6 is 11.3 Å². The minimum atomic E-state index is -4.36. The van der Waals surface area contributed by atoms with Gasteiger partial charge in [0.15, 0.2) is 5.78 Å². The first-order valence-corrected chi connectivity index (χ1v) is 8.08. The highest BCUT2D eigenvalue weighted by molar-refractivity contribution is 7.12. The van der Waals surface area contributed by atoms with Crippen LogP contribution < -0.4 is 0 Å². The van der Waals surface area contributed by atoms with Gasteiger partial charge in [-0.05, 0) is 35.6 Å². The van der Waals surface area contributed by atoms with Gasteiger partial charge in [-0.1, -0.05) is 13.0 Å². The highest BCUT2D eigenvalue weighted by Crippen LogP contribution is 2.36. The number of thiophene rings is 1. The molecular formula is C17H14F3NOS. The monoisotopic (exact) mass is 337 g/mol. The molecule has 1 N–H and O–H groups in total. The fraction of sp³-hybridized carbons (Fsp3) is 0.235. The second-order valence-electron chi connectivity index (χ2n) is 5.33. The van der Waals surface area contributed by atoms with E-state index >= 15 is 0 Å². The number of aromatic amines is 1. The standard InChI is InChI=1S/C17H14F3NOS/c1-2-3-15(22)16-6-10(9-23-16)13-8-21-14-7-11(17(18,19)20)4-5-12(13)14/h4-9,21H,2-3H2,1H3. The number of carbonyl (C=O) groups is 1. The first-order chi connectivity index (χ1) is 10.9. The number of hydrogen-bond acceptors (Lipinski definition) is 2. The summed E-state index contributed by atoms with van der Waals surface area (Å²) in [6.45, 7) is 1.95. The molecule has 3 aromatic rings. The van der Waals surface area contributed by atoms with Crippen molar-refractivity contribution in [3.05, 3.63) is 46.3 Å². The summed E-state index contributed by atoms with van der Waals surface area (Å²) < 4.78 is 38.3. The van der Waals surface area contributed by atoms with Crippen LogP contribution in [0, 0.1) is 0 Å². The minimum absolute atomic E-state index is 0.1000. The molecule has 2 aromatic heterocycles. The normalized spacial score (nSPS) is 12.0. The van der Waals surface area contributed by atoms with Gasteiger partial charge in [-0.15, -0.1) is 11.3 Å². The van der Waals surface area contributed by atoms with E-state index in [1.165, 1.54) is 17.4 Å². The third-order valence-corrected chi connectivity index (χ3v) is 4.64. The van der Waals surface area contributed by atoms with E-state index < -0.39 is 11.7 Å². The fourth-order valence-corrected chi connectivity index (χ4v) is 3.39. The second-order valence-corrected chi connectivity index (χ2v) is 6.24. The molecule has 0 fully saturated rings. The number of halogens is 3. The van der Waals surface area contributed by atoms with Crippen LogP contribution in [-0.2, 0) is 6.18 Å². The first-order valence-electron chi connectivity index (χ1n) is 7.20. The Balaban J connectivity index is 1.99. The summed E-state index contributed by atoms with van der Waals surface area (Å²) in [5.41, 5.74) is 1.41. The smallest absolute Gasteiger partial charge is 0.361 e. The molecule has 0 saturated heterocycles. The van der Waals surface area contributed by atoms with Crippen LogP contribution in [0.1, 0.15) is 35.0 Å². The Morgan fingerprint density at radius 2 is 2.04 bits per heavy atom. The SMILES string of the molecule is CCCC(=O)c1cc(-c2c[nH]c3cc(C(F)(F)F)ccc23)cs1. The summed E-state index contributed by atoms with van der Waals surface area (Å²) in [5, 5.41) is 2.58. The van der Waals surface area contributed by atoms with E-state index in [9.17, 15) is 18.0 Å². The molecule has 0 amide bonds. The molecule has 0 radical (unpaired) electrons. The van der Waals surface area contributed by atoms with Crippen LogP contribution in [0.3, 0.4) is 0 Å². The Labute approximate surface area is 135 Å². The Bertz CT molecular complexity index is 860. The predicted molar refractivity (Wildman–Crippen MR) is 85.9 cm³/mol. The van der Waals surface area contributed by atoms with E-state index in [0.717, 1.165) is 29.7 Å². The van der Waals surface area contributed by atoms with Gasteiger partial charge in [0.05, 0.1) is 10.4 Å². The highest BCUT2D eigenvalue weighted by Gasteiger charge is 2.30. The van der Waals surface area contributed by atoms with Crippen molar-refractivity contribution in [1.82, 2.24) is 4.98 Å². The zero-order chi connectivity index (χ0) is 16.6. The minimum Gasteiger partial charge on any atom is -0.361 e. The van der Waals surface area contributed by atoms with Crippen molar-refractivity contribution in [3.8, 4) is 11.1 Å². The molecule has 23 heavy (non-hydrogen) atoms. The van der Waals surface area contributed by atoms with Crippen molar-refractivity contribution in [2.75, 3.05) is 0 Å². The summed E-state index contributed by atoms with van der Waals surface area (Å²) in [7, 11) is 0. The van der Waals surface area contributed by atoms with Crippen molar-refractivity contribution in [3.63, 3.8) is 0 Å². The van der Waals surface area contributed by atoms with Crippen LogP contribution in [0.4, 0.5) is 13.2 Å². The topological polar surface area (TPSA) is 32.9 Å². The number of nitrogens with one attached hydrogen (secondary N) is 1. The van der Waals surface area contributed by atoms with Crippen LogP contribution in [-0.4, -0.2) is 10.8 Å². The van der Waals surface area contributed by atoms with E-state index in [1.807, 2.05) is 18.4 Å². The van der Waals surface area contributed by atoms with Crippen molar-refractivity contribution in [2.24, 2.45) is 0 Å². The molecule has 0 bridgehead atoms. The van der Waals surface area contributed by atoms with Gasteiger partial charge in [-0.25, -0.2) is 0 Å². The molecule has 0 atom stereocenters. The van der Waals surface area contributed by atoms with E-state index in [2.05, 4.69) is 4.98 Å². The number of carbonyl (C=O) groups excluding carboxylic acids is 1. The van der Waals surface area contributed by atoms with Crippen LogP contribution in [0.15, 0.2) is 35.8 Å². The van der Waals surface area contributed by atoms with Crippen LogP contribution in [0.2, 0.25) is 0 Å². The van der Waals surface area contributed by atoms with Gasteiger partial charge in [-0.2, -0.15) is 13.2 Å². The summed E-state index contributed by atoms with van der Waals surface area (Å²) in [6, 6.07) is 5.46. The average Bonchev–Trinajstić information content (AvgIpc) is 3.12. The summed E-state index contributed by atoms with van der Waals surface area (Å²) in [6.07, 6.45) is -1.38. The second kappa shape index (κ2) is 5.85. The van der Waals surface area contributed by atoms with Gasteiger partial charge in [-0.3, -0.25) is 4.79 Å². The Morgan fingerprint density at radius 3 is 2.74 bits per heavy atom. The van der Waals surface area contributed by atoms with Gasteiger partial charge < -0.3 is 4.98 Å². The summed E-state index contributed by atoms with van der Waals surface area (Å²) in [4.78, 5) is 15.5. The van der Waals surface area contributed by atoms with Gasteiger partial charge in [0.2, 0.25) is 0 Å². The van der Waals surface area contributed by atoms with Crippen molar-refractivity contribution in [2.45, 2.75) is 25.9 Å². The number of Topliss-reactive ketones (excluding diaryl/α,β-unsaturated/α-hetero) is 1. The van der Waals surface area contributed by atoms with Gasteiger partial charge in [0.1, 0.15) is 0 Å². The average molecular weight is 337 g/mol. The predicted octanol–water partition coefficient (Wildman–Crippen LogP) is 5.90. The third kappa shape index (κ3) is 3.03. The zero-order valence-corrected chi connectivity index (χ0v) is 13.1. The Hall–Kier alpha value is -2.08. The number of benzene rings is 1. The quantitative estimate of drug-likeness (QED) is 0.591. The zero-order valence-electron chi connectivity index (χ0n) is 12.3. The lowest BCUT2D eigenvalue weighted by atomic mass is 10.0. The third-order valence-electron chi connectivity index (χ3n) is 3.67. The van der Waals surface area contributed by atoms with Crippen molar-refractivity contribution >= 4 is 28.0 Å².